The third-order valence-corrected chi connectivity index (χ3v) is 3.08. The molecule has 0 aliphatic carbocycles. The molecule has 0 saturated carbocycles. The van der Waals surface area contributed by atoms with E-state index in [1.165, 1.54) is 12.3 Å². The molecule has 1 heterocycles. The van der Waals surface area contributed by atoms with Crippen molar-refractivity contribution < 1.29 is 9.53 Å². The highest BCUT2D eigenvalue weighted by Gasteiger charge is 2.10. The van der Waals surface area contributed by atoms with Gasteiger partial charge in [-0.2, -0.15) is 0 Å². The number of rotatable bonds is 4. The first-order valence-corrected chi connectivity index (χ1v) is 6.57. The Morgan fingerprint density at radius 2 is 1.95 bits per heavy atom. The van der Waals surface area contributed by atoms with Crippen LogP contribution in [0.3, 0.4) is 0 Å². The molecule has 104 valence electrons. The van der Waals surface area contributed by atoms with E-state index in [-0.39, 0.29) is 11.0 Å². The highest BCUT2D eigenvalue weighted by Crippen LogP contribution is 2.17. The molecule has 2 rings (SSSR count). The quantitative estimate of drug-likeness (QED) is 0.814. The maximum atomic E-state index is 11.7. The lowest BCUT2D eigenvalue weighted by molar-refractivity contribution is 0.108. The molecule has 2 aromatic rings. The summed E-state index contributed by atoms with van der Waals surface area (Å²) < 4.78 is 7.12. The Morgan fingerprint density at radius 1 is 1.30 bits per heavy atom. The number of aryl methyl sites for hydroxylation is 1. The van der Waals surface area contributed by atoms with Gasteiger partial charge in [-0.15, -0.1) is 0 Å². The van der Waals surface area contributed by atoms with E-state index in [1.807, 2.05) is 31.2 Å². The van der Waals surface area contributed by atoms with Gasteiger partial charge in [0.2, 0.25) is 0 Å². The number of hydrogen-bond acceptors (Lipinski definition) is 3. The summed E-state index contributed by atoms with van der Waals surface area (Å²) in [6, 6.07) is 8.76. The van der Waals surface area contributed by atoms with Crippen LogP contribution in [0.5, 0.6) is 5.75 Å². The zero-order chi connectivity index (χ0) is 14.7. The van der Waals surface area contributed by atoms with Crippen molar-refractivity contribution in [1.82, 2.24) is 4.57 Å². The van der Waals surface area contributed by atoms with Gasteiger partial charge in [0.15, 0.2) is 5.43 Å². The normalized spacial score (nSPS) is 10.3. The Bertz CT molecular complexity index is 689. The van der Waals surface area contributed by atoms with Gasteiger partial charge in [-0.3, -0.25) is 9.59 Å². The summed E-state index contributed by atoms with van der Waals surface area (Å²) in [5, 5.41) is -0.755. The minimum absolute atomic E-state index is 0.0360. The van der Waals surface area contributed by atoms with Gasteiger partial charge >= 0.3 is 0 Å². The molecule has 0 aliphatic heterocycles. The van der Waals surface area contributed by atoms with Gasteiger partial charge in [0.05, 0.1) is 12.2 Å². The Hall–Kier alpha value is -2.07. The zero-order valence-electron chi connectivity index (χ0n) is 11.2. The lowest BCUT2D eigenvalue weighted by Gasteiger charge is -2.12. The largest absolute Gasteiger partial charge is 0.494 e. The molecule has 0 N–H and O–H groups in total. The number of pyridine rings is 1. The first-order valence-electron chi connectivity index (χ1n) is 6.19. The SMILES string of the molecule is CCOc1ccc(-n2cc(C(=O)Cl)c(=O)cc2C)cc1. The Balaban J connectivity index is 2.49. The van der Waals surface area contributed by atoms with Gasteiger partial charge in [-0.05, 0) is 49.7 Å². The summed E-state index contributed by atoms with van der Waals surface area (Å²) in [6.07, 6.45) is 1.46. The minimum Gasteiger partial charge on any atom is -0.494 e. The number of carbonyl (C=O) groups is 1. The lowest BCUT2D eigenvalue weighted by atomic mass is 10.2. The zero-order valence-corrected chi connectivity index (χ0v) is 12.0. The second-order valence-corrected chi connectivity index (χ2v) is 4.61. The summed E-state index contributed by atoms with van der Waals surface area (Å²) in [5.41, 5.74) is 1.14. The van der Waals surface area contributed by atoms with Crippen LogP contribution < -0.4 is 10.2 Å². The molecule has 0 fully saturated rings. The monoisotopic (exact) mass is 291 g/mol. The standard InChI is InChI=1S/C15H14ClNO3/c1-3-20-12-6-4-11(5-7-12)17-9-13(15(16)19)14(18)8-10(17)2/h4-9H,3H2,1-2H3. The number of carbonyl (C=O) groups excluding carboxylic acids is 1. The van der Waals surface area contributed by atoms with Crippen LogP contribution in [0.4, 0.5) is 0 Å². The molecule has 0 saturated heterocycles. The Labute approximate surface area is 121 Å². The molecule has 0 aliphatic rings. The fraction of sp³-hybridized carbons (Fsp3) is 0.200. The van der Waals surface area contributed by atoms with Gasteiger partial charge in [-0.25, -0.2) is 0 Å². The summed E-state index contributed by atoms with van der Waals surface area (Å²) in [7, 11) is 0. The van der Waals surface area contributed by atoms with Crippen LogP contribution in [-0.4, -0.2) is 16.4 Å². The van der Waals surface area contributed by atoms with Crippen LogP contribution >= 0.6 is 11.6 Å². The smallest absolute Gasteiger partial charge is 0.257 e. The van der Waals surface area contributed by atoms with Crippen LogP contribution in [-0.2, 0) is 0 Å². The molecule has 5 heteroatoms. The molecule has 1 aromatic carbocycles. The molecular formula is C15H14ClNO3. The van der Waals surface area contributed by atoms with Gasteiger partial charge in [0.25, 0.3) is 5.24 Å². The third kappa shape index (κ3) is 2.91. The highest BCUT2D eigenvalue weighted by atomic mass is 35.5. The first kappa shape index (κ1) is 14.3. The number of hydrogen-bond donors (Lipinski definition) is 0. The maximum absolute atomic E-state index is 11.7. The van der Waals surface area contributed by atoms with E-state index in [0.717, 1.165) is 17.1 Å². The molecule has 1 aromatic heterocycles. The summed E-state index contributed by atoms with van der Waals surface area (Å²) >= 11 is 5.41. The number of benzene rings is 1. The van der Waals surface area contributed by atoms with E-state index in [1.54, 1.807) is 11.5 Å². The van der Waals surface area contributed by atoms with Crippen LogP contribution in [0, 0.1) is 6.92 Å². The molecule has 0 amide bonds. The summed E-state index contributed by atoms with van der Waals surface area (Å²) in [5.74, 6) is 0.767. The van der Waals surface area contributed by atoms with Crippen molar-refractivity contribution in [3.8, 4) is 11.4 Å². The van der Waals surface area contributed by atoms with Gasteiger partial charge in [0.1, 0.15) is 5.75 Å². The predicted molar refractivity (Wildman–Crippen MR) is 78.1 cm³/mol. The topological polar surface area (TPSA) is 48.3 Å². The Kier molecular flexibility index (Phi) is 4.25. The van der Waals surface area contributed by atoms with Gasteiger partial charge in [0, 0.05) is 23.6 Å². The van der Waals surface area contributed by atoms with Crippen molar-refractivity contribution in [1.29, 1.82) is 0 Å². The van der Waals surface area contributed by atoms with Crippen molar-refractivity contribution in [2.45, 2.75) is 13.8 Å². The molecule has 0 radical (unpaired) electrons. The molecule has 0 spiro atoms. The van der Waals surface area contributed by atoms with E-state index in [4.69, 9.17) is 16.3 Å². The summed E-state index contributed by atoms with van der Waals surface area (Å²) in [4.78, 5) is 22.9. The molecule has 4 nitrogen and oxygen atoms in total. The third-order valence-electron chi connectivity index (χ3n) is 2.88. The maximum Gasteiger partial charge on any atom is 0.257 e. The molecule has 0 unspecified atom stereocenters. The number of nitrogens with zero attached hydrogens (tertiary/aromatic N) is 1. The lowest BCUT2D eigenvalue weighted by Crippen LogP contribution is -2.16. The molecular weight excluding hydrogens is 278 g/mol. The van der Waals surface area contributed by atoms with Crippen molar-refractivity contribution in [3.63, 3.8) is 0 Å². The Morgan fingerprint density at radius 3 is 2.50 bits per heavy atom. The first-order chi connectivity index (χ1) is 9.52. The predicted octanol–water partition coefficient (Wildman–Crippen LogP) is 2.92. The van der Waals surface area contributed by atoms with E-state index in [9.17, 15) is 9.59 Å². The highest BCUT2D eigenvalue weighted by molar-refractivity contribution is 6.67. The fourth-order valence-electron chi connectivity index (χ4n) is 1.93. The summed E-state index contributed by atoms with van der Waals surface area (Å²) in [6.45, 7) is 4.31. The molecule has 20 heavy (non-hydrogen) atoms. The number of halogens is 1. The molecule has 0 atom stereocenters. The second-order valence-electron chi connectivity index (χ2n) is 4.26. The van der Waals surface area contributed by atoms with E-state index in [2.05, 4.69) is 0 Å². The number of aromatic nitrogens is 1. The fourth-order valence-corrected chi connectivity index (χ4v) is 2.07. The van der Waals surface area contributed by atoms with Crippen molar-refractivity contribution in [2.24, 2.45) is 0 Å². The van der Waals surface area contributed by atoms with E-state index >= 15 is 0 Å². The van der Waals surface area contributed by atoms with Crippen LogP contribution in [0.2, 0.25) is 0 Å². The van der Waals surface area contributed by atoms with Crippen molar-refractivity contribution in [3.05, 3.63) is 58.0 Å². The average molecular weight is 292 g/mol. The van der Waals surface area contributed by atoms with Crippen LogP contribution in [0.15, 0.2) is 41.3 Å². The van der Waals surface area contributed by atoms with Crippen molar-refractivity contribution >= 4 is 16.8 Å². The second kappa shape index (κ2) is 5.92. The van der Waals surface area contributed by atoms with Gasteiger partial charge < -0.3 is 9.30 Å². The van der Waals surface area contributed by atoms with Crippen LogP contribution in [0.25, 0.3) is 5.69 Å². The van der Waals surface area contributed by atoms with Gasteiger partial charge in [-0.1, -0.05) is 0 Å². The molecule has 0 bridgehead atoms. The van der Waals surface area contributed by atoms with E-state index in [0.29, 0.717) is 6.61 Å². The van der Waals surface area contributed by atoms with Crippen molar-refractivity contribution in [2.75, 3.05) is 6.61 Å². The minimum atomic E-state index is -0.755. The van der Waals surface area contributed by atoms with E-state index < -0.39 is 5.24 Å². The average Bonchev–Trinajstić information content (AvgIpc) is 2.40. The number of ether oxygens (including phenoxy) is 1. The van der Waals surface area contributed by atoms with Crippen LogP contribution in [0.1, 0.15) is 23.0 Å².